The van der Waals surface area contributed by atoms with Gasteiger partial charge in [-0.3, -0.25) is 19.7 Å². The van der Waals surface area contributed by atoms with E-state index in [1.165, 1.54) is 23.3 Å². The van der Waals surface area contributed by atoms with Gasteiger partial charge in [-0.15, -0.1) is 0 Å². The second kappa shape index (κ2) is 7.35. The van der Waals surface area contributed by atoms with Crippen LogP contribution in [-0.4, -0.2) is 23.2 Å². The van der Waals surface area contributed by atoms with Crippen molar-refractivity contribution in [3.63, 3.8) is 0 Å². The van der Waals surface area contributed by atoms with Crippen molar-refractivity contribution in [2.24, 2.45) is 0 Å². The molecule has 1 amide bonds. The Bertz CT molecular complexity index is 878. The first-order chi connectivity index (χ1) is 12.5. The molecular formula is C19H18N2O5. The minimum atomic E-state index is -0.872. The number of nitro benzene ring substituents is 1. The molecule has 3 rings (SSSR count). The van der Waals surface area contributed by atoms with Crippen molar-refractivity contribution in [1.29, 1.82) is 0 Å². The van der Waals surface area contributed by atoms with Crippen LogP contribution < -0.4 is 10.1 Å². The summed E-state index contributed by atoms with van der Waals surface area (Å²) < 4.78 is 5.53. The van der Waals surface area contributed by atoms with Crippen molar-refractivity contribution in [1.82, 2.24) is 0 Å². The monoisotopic (exact) mass is 354 g/mol. The van der Waals surface area contributed by atoms with Gasteiger partial charge < -0.3 is 10.1 Å². The van der Waals surface area contributed by atoms with Gasteiger partial charge in [0.05, 0.1) is 10.5 Å². The van der Waals surface area contributed by atoms with Gasteiger partial charge in [-0.1, -0.05) is 6.07 Å². The number of hydrogen-bond donors (Lipinski definition) is 1. The fourth-order valence-electron chi connectivity index (χ4n) is 2.99. The fourth-order valence-corrected chi connectivity index (χ4v) is 2.99. The molecule has 7 nitrogen and oxygen atoms in total. The van der Waals surface area contributed by atoms with Gasteiger partial charge in [0.15, 0.2) is 12.4 Å². The summed E-state index contributed by atoms with van der Waals surface area (Å²) in [6, 6.07) is 9.51. The van der Waals surface area contributed by atoms with Gasteiger partial charge in [-0.05, 0) is 55.5 Å². The van der Waals surface area contributed by atoms with Crippen molar-refractivity contribution in [3.8, 4) is 5.75 Å². The first-order valence-electron chi connectivity index (χ1n) is 8.31. The molecule has 0 bridgehead atoms. The highest BCUT2D eigenvalue weighted by molar-refractivity contribution is 5.94. The van der Waals surface area contributed by atoms with E-state index < -0.39 is 11.0 Å². The normalized spacial score (nSPS) is 13.6. The topological polar surface area (TPSA) is 98.5 Å². The highest BCUT2D eigenvalue weighted by Crippen LogP contribution is 2.26. The number of benzene rings is 2. The Kier molecular flexibility index (Phi) is 4.97. The number of ether oxygens (including phenoxy) is 1. The molecule has 1 atom stereocenters. The molecular weight excluding hydrogens is 336 g/mol. The van der Waals surface area contributed by atoms with E-state index in [1.54, 1.807) is 6.92 Å². The number of nitro groups is 1. The van der Waals surface area contributed by atoms with E-state index in [-0.39, 0.29) is 22.9 Å². The van der Waals surface area contributed by atoms with E-state index >= 15 is 0 Å². The van der Waals surface area contributed by atoms with Gasteiger partial charge in [0, 0.05) is 17.8 Å². The fraction of sp³-hybridized carbons (Fsp3) is 0.263. The van der Waals surface area contributed by atoms with Gasteiger partial charge in [-0.25, -0.2) is 0 Å². The third-order valence-corrected chi connectivity index (χ3v) is 4.37. The number of nitrogens with one attached hydrogen (secondary N) is 1. The second-order valence-electron chi connectivity index (χ2n) is 6.18. The summed E-state index contributed by atoms with van der Waals surface area (Å²) in [6.45, 7) is 1.55. The van der Waals surface area contributed by atoms with E-state index in [0.29, 0.717) is 12.0 Å². The van der Waals surface area contributed by atoms with Crippen LogP contribution in [0.1, 0.15) is 34.8 Å². The molecule has 1 N–H and O–H groups in total. The van der Waals surface area contributed by atoms with E-state index in [0.717, 1.165) is 25.3 Å². The Morgan fingerprint density at radius 2 is 2.00 bits per heavy atom. The largest absolute Gasteiger partial charge is 0.480 e. The van der Waals surface area contributed by atoms with E-state index in [1.807, 2.05) is 18.2 Å². The number of amides is 1. The predicted molar refractivity (Wildman–Crippen MR) is 95.7 cm³/mol. The Labute approximate surface area is 150 Å². The minimum absolute atomic E-state index is 0.0244. The maximum Gasteiger partial charge on any atom is 0.270 e. The van der Waals surface area contributed by atoms with Crippen molar-refractivity contribution < 1.29 is 19.2 Å². The van der Waals surface area contributed by atoms with Gasteiger partial charge in [0.25, 0.3) is 11.6 Å². The highest BCUT2D eigenvalue weighted by atomic mass is 16.6. The maximum atomic E-state index is 12.4. The molecule has 134 valence electrons. The number of nitrogens with zero attached hydrogens (tertiary/aromatic N) is 1. The van der Waals surface area contributed by atoms with Crippen LogP contribution in [0, 0.1) is 10.1 Å². The Hall–Kier alpha value is -3.22. The molecule has 7 heteroatoms. The van der Waals surface area contributed by atoms with Crippen molar-refractivity contribution in [2.75, 3.05) is 5.32 Å². The minimum Gasteiger partial charge on any atom is -0.480 e. The van der Waals surface area contributed by atoms with Gasteiger partial charge in [0.1, 0.15) is 5.75 Å². The van der Waals surface area contributed by atoms with Crippen LogP contribution in [-0.2, 0) is 17.6 Å². The number of aryl methyl sites for hydroxylation is 2. The summed E-state index contributed by atoms with van der Waals surface area (Å²) in [5.41, 5.74) is 3.07. The summed E-state index contributed by atoms with van der Waals surface area (Å²) in [5, 5.41) is 13.6. The zero-order valence-electron chi connectivity index (χ0n) is 14.2. The lowest BCUT2D eigenvalue weighted by atomic mass is 10.1. The summed E-state index contributed by atoms with van der Waals surface area (Å²) in [7, 11) is 0. The molecule has 0 heterocycles. The molecule has 1 aliphatic carbocycles. The van der Waals surface area contributed by atoms with Crippen LogP contribution in [0.3, 0.4) is 0 Å². The van der Waals surface area contributed by atoms with Crippen LogP contribution in [0.25, 0.3) is 0 Å². The van der Waals surface area contributed by atoms with Crippen LogP contribution >= 0.6 is 0 Å². The molecule has 0 fully saturated rings. The lowest BCUT2D eigenvalue weighted by molar-refractivity contribution is -0.384. The summed E-state index contributed by atoms with van der Waals surface area (Å²) in [6.07, 6.45) is 2.80. The molecule has 0 aliphatic heterocycles. The zero-order valence-corrected chi connectivity index (χ0v) is 14.2. The molecule has 2 aromatic carbocycles. The van der Waals surface area contributed by atoms with Crippen LogP contribution in [0.2, 0.25) is 0 Å². The third kappa shape index (κ3) is 3.72. The first-order valence-corrected chi connectivity index (χ1v) is 8.31. The number of carbonyl (C=O) groups excluding carboxylic acids is 2. The molecule has 0 unspecified atom stereocenters. The maximum absolute atomic E-state index is 12.4. The van der Waals surface area contributed by atoms with Gasteiger partial charge >= 0.3 is 0 Å². The lowest BCUT2D eigenvalue weighted by Crippen LogP contribution is -2.30. The van der Waals surface area contributed by atoms with Crippen molar-refractivity contribution in [3.05, 3.63) is 63.2 Å². The van der Waals surface area contributed by atoms with Crippen LogP contribution in [0.15, 0.2) is 36.4 Å². The van der Waals surface area contributed by atoms with E-state index in [4.69, 9.17) is 4.74 Å². The molecule has 0 aromatic heterocycles. The summed E-state index contributed by atoms with van der Waals surface area (Å²) in [4.78, 5) is 33.7. The predicted octanol–water partition coefficient (Wildman–Crippen LogP) is 3.30. The lowest BCUT2D eigenvalue weighted by Gasteiger charge is -2.16. The number of hydrogen-bond acceptors (Lipinski definition) is 5. The van der Waals surface area contributed by atoms with Crippen LogP contribution in [0.4, 0.5) is 11.4 Å². The average molecular weight is 354 g/mol. The SMILES string of the molecule is C[C@@H](Oc1ccc([N+](=O)[O-])cc1C=O)C(=O)Nc1ccc2c(c1)CCC2. The van der Waals surface area contributed by atoms with Gasteiger partial charge in [-0.2, -0.15) is 0 Å². The Morgan fingerprint density at radius 3 is 2.73 bits per heavy atom. The number of carbonyl (C=O) groups is 2. The molecule has 0 saturated heterocycles. The number of rotatable bonds is 6. The number of fused-ring (bicyclic) bond motifs is 1. The molecule has 0 radical (unpaired) electrons. The number of non-ortho nitro benzene ring substituents is 1. The van der Waals surface area contributed by atoms with Crippen molar-refractivity contribution >= 4 is 23.6 Å². The van der Waals surface area contributed by atoms with E-state index in [9.17, 15) is 19.7 Å². The number of anilines is 1. The number of aldehydes is 1. The van der Waals surface area contributed by atoms with Gasteiger partial charge in [0.2, 0.25) is 0 Å². The Balaban J connectivity index is 1.69. The summed E-state index contributed by atoms with van der Waals surface area (Å²) in [5.74, 6) is -0.236. The quantitative estimate of drug-likeness (QED) is 0.487. The third-order valence-electron chi connectivity index (χ3n) is 4.37. The molecule has 2 aromatic rings. The molecule has 0 saturated carbocycles. The first kappa shape index (κ1) is 17.6. The van der Waals surface area contributed by atoms with E-state index in [2.05, 4.69) is 5.32 Å². The standard InChI is InChI=1S/C19H18N2O5/c1-12(26-18-8-7-17(21(24)25)10-15(18)11-22)19(23)20-16-6-5-13-3-2-4-14(13)9-16/h5-12H,2-4H2,1H3,(H,20,23)/t12-/m1/s1. The Morgan fingerprint density at radius 1 is 1.23 bits per heavy atom. The molecule has 0 spiro atoms. The van der Waals surface area contributed by atoms with Crippen molar-refractivity contribution in [2.45, 2.75) is 32.3 Å². The second-order valence-corrected chi connectivity index (χ2v) is 6.18. The highest BCUT2D eigenvalue weighted by Gasteiger charge is 2.19. The zero-order chi connectivity index (χ0) is 18.7. The smallest absolute Gasteiger partial charge is 0.270 e. The molecule has 26 heavy (non-hydrogen) atoms. The van der Waals surface area contributed by atoms with Crippen LogP contribution in [0.5, 0.6) is 5.75 Å². The average Bonchev–Trinajstić information content (AvgIpc) is 3.09. The molecule has 1 aliphatic rings. The summed E-state index contributed by atoms with van der Waals surface area (Å²) >= 11 is 0.